The van der Waals surface area contributed by atoms with Gasteiger partial charge in [-0.05, 0) is 13.8 Å². The van der Waals surface area contributed by atoms with E-state index >= 15 is 0 Å². The number of ether oxygens (including phenoxy) is 5. The first-order valence-corrected chi connectivity index (χ1v) is 7.40. The molecule has 3 rings (SSSR count). The third-order valence-electron chi connectivity index (χ3n) is 4.46. The van der Waals surface area contributed by atoms with E-state index in [2.05, 4.69) is 0 Å². The molecule has 3 heterocycles. The highest BCUT2D eigenvalue weighted by atomic mass is 16.8. The molecule has 0 radical (unpaired) electrons. The van der Waals surface area contributed by atoms with Crippen LogP contribution in [-0.4, -0.2) is 74.3 Å². The summed E-state index contributed by atoms with van der Waals surface area (Å²) in [6.07, 6.45) is -1.90. The summed E-state index contributed by atoms with van der Waals surface area (Å²) in [6, 6.07) is -1.67. The standard InChI is InChI=1S/C15H19NO8/c1-15(2)23-10-8-6(12(17)20-3)7(13(18)21-4)9(11(10)24-15)16(8)14(19)22-5/h8-11H,1-5H3/t8-,9+,10-,11+. The van der Waals surface area contributed by atoms with E-state index in [1.165, 1.54) is 26.2 Å². The van der Waals surface area contributed by atoms with Crippen molar-refractivity contribution in [1.29, 1.82) is 0 Å². The summed E-state index contributed by atoms with van der Waals surface area (Å²) in [5, 5.41) is 0. The van der Waals surface area contributed by atoms with Gasteiger partial charge in [0.25, 0.3) is 0 Å². The summed E-state index contributed by atoms with van der Waals surface area (Å²) in [5.41, 5.74) is 0.0876. The Balaban J connectivity index is 2.13. The van der Waals surface area contributed by atoms with Gasteiger partial charge < -0.3 is 23.7 Å². The molecule has 4 atom stereocenters. The van der Waals surface area contributed by atoms with Crippen molar-refractivity contribution >= 4 is 18.0 Å². The second-order valence-corrected chi connectivity index (χ2v) is 6.14. The lowest BCUT2D eigenvalue weighted by molar-refractivity contribution is -0.161. The van der Waals surface area contributed by atoms with Crippen molar-refractivity contribution in [3.8, 4) is 0 Å². The molecule has 0 N–H and O–H groups in total. The van der Waals surface area contributed by atoms with Crippen LogP contribution in [0.1, 0.15) is 13.8 Å². The first kappa shape index (κ1) is 16.7. The highest BCUT2D eigenvalue weighted by Crippen LogP contribution is 2.51. The first-order valence-electron chi connectivity index (χ1n) is 7.40. The molecule has 3 aliphatic rings. The van der Waals surface area contributed by atoms with Crippen LogP contribution in [-0.2, 0) is 33.3 Å². The molecule has 2 saturated heterocycles. The highest BCUT2D eigenvalue weighted by molar-refractivity contribution is 6.05. The topological polar surface area (TPSA) is 101 Å². The third-order valence-corrected chi connectivity index (χ3v) is 4.46. The number of amides is 1. The normalized spacial score (nSPS) is 32.6. The van der Waals surface area contributed by atoms with Crippen LogP contribution in [0, 0.1) is 0 Å². The minimum Gasteiger partial charge on any atom is -0.466 e. The van der Waals surface area contributed by atoms with Crippen molar-refractivity contribution in [2.75, 3.05) is 21.3 Å². The van der Waals surface area contributed by atoms with Crippen LogP contribution < -0.4 is 0 Å². The summed E-state index contributed by atoms with van der Waals surface area (Å²) >= 11 is 0. The van der Waals surface area contributed by atoms with Gasteiger partial charge in [-0.1, -0.05) is 0 Å². The second kappa shape index (κ2) is 5.45. The minimum absolute atomic E-state index is 0.0438. The van der Waals surface area contributed by atoms with Gasteiger partial charge in [-0.3, -0.25) is 4.90 Å². The van der Waals surface area contributed by atoms with Gasteiger partial charge >= 0.3 is 18.0 Å². The Morgan fingerprint density at radius 3 is 1.62 bits per heavy atom. The number of rotatable bonds is 2. The molecule has 0 spiro atoms. The number of nitrogens with zero attached hydrogens (tertiary/aromatic N) is 1. The van der Waals surface area contributed by atoms with Crippen LogP contribution in [0.25, 0.3) is 0 Å². The third kappa shape index (κ3) is 2.11. The van der Waals surface area contributed by atoms with Gasteiger partial charge in [-0.2, -0.15) is 0 Å². The Kier molecular flexibility index (Phi) is 3.80. The van der Waals surface area contributed by atoms with Crippen molar-refractivity contribution < 1.29 is 38.1 Å². The summed E-state index contributed by atoms with van der Waals surface area (Å²) in [7, 11) is 3.62. The average molecular weight is 341 g/mol. The van der Waals surface area contributed by atoms with Crippen molar-refractivity contribution in [1.82, 2.24) is 4.90 Å². The van der Waals surface area contributed by atoms with Crippen LogP contribution >= 0.6 is 0 Å². The quantitative estimate of drug-likeness (QED) is 0.510. The lowest BCUT2D eigenvalue weighted by atomic mass is 9.87. The molecule has 1 amide bonds. The number of carbonyl (C=O) groups excluding carboxylic acids is 3. The number of hydrogen-bond donors (Lipinski definition) is 0. The minimum atomic E-state index is -0.902. The number of methoxy groups -OCH3 is 3. The molecular formula is C15H19NO8. The predicted octanol–water partition coefficient (Wildman–Crippen LogP) is -0.0181. The maximum absolute atomic E-state index is 12.3. The molecule has 24 heavy (non-hydrogen) atoms. The molecule has 0 saturated carbocycles. The van der Waals surface area contributed by atoms with Crippen molar-refractivity contribution in [2.45, 2.75) is 43.9 Å². The number of carbonyl (C=O) groups is 3. The van der Waals surface area contributed by atoms with Gasteiger partial charge in [0.05, 0.1) is 44.6 Å². The Morgan fingerprint density at radius 1 is 0.875 bits per heavy atom. The van der Waals surface area contributed by atoms with Crippen molar-refractivity contribution in [3.05, 3.63) is 11.1 Å². The van der Waals surface area contributed by atoms with Crippen molar-refractivity contribution in [3.63, 3.8) is 0 Å². The van der Waals surface area contributed by atoms with Gasteiger partial charge in [-0.15, -0.1) is 0 Å². The molecular weight excluding hydrogens is 322 g/mol. The number of fused-ring (bicyclic) bond motifs is 5. The fourth-order valence-electron chi connectivity index (χ4n) is 3.73. The van der Waals surface area contributed by atoms with E-state index in [0.717, 1.165) is 0 Å². The smallest absolute Gasteiger partial charge is 0.410 e. The van der Waals surface area contributed by atoms with Crippen LogP contribution in [0.5, 0.6) is 0 Å². The molecule has 0 unspecified atom stereocenters. The Hall–Kier alpha value is -2.13. The van der Waals surface area contributed by atoms with Gasteiger partial charge in [0.15, 0.2) is 5.79 Å². The highest BCUT2D eigenvalue weighted by Gasteiger charge is 2.68. The van der Waals surface area contributed by atoms with Gasteiger partial charge in [-0.25, -0.2) is 14.4 Å². The average Bonchev–Trinajstić information content (AvgIpc) is 3.15. The second-order valence-electron chi connectivity index (χ2n) is 6.14. The zero-order chi connectivity index (χ0) is 17.8. The van der Waals surface area contributed by atoms with E-state index in [-0.39, 0.29) is 11.1 Å². The Labute approximate surface area is 138 Å². The monoisotopic (exact) mass is 341 g/mol. The summed E-state index contributed by atoms with van der Waals surface area (Å²) < 4.78 is 26.1. The Morgan fingerprint density at radius 2 is 1.29 bits per heavy atom. The SMILES string of the molecule is COC(=O)C1=C(C(=O)OC)[C@H]2[C@@H]3OC(C)(C)O[C@@H]3[C@@H]1N2C(=O)OC. The van der Waals surface area contributed by atoms with Gasteiger partial charge in [0, 0.05) is 0 Å². The van der Waals surface area contributed by atoms with Crippen molar-refractivity contribution in [2.24, 2.45) is 0 Å². The predicted molar refractivity (Wildman–Crippen MR) is 76.7 cm³/mol. The molecule has 0 aliphatic carbocycles. The molecule has 0 aromatic rings. The zero-order valence-corrected chi connectivity index (χ0v) is 14.0. The maximum atomic E-state index is 12.3. The van der Waals surface area contributed by atoms with Crippen LogP contribution in [0.4, 0.5) is 4.79 Å². The summed E-state index contributed by atoms with van der Waals surface area (Å²) in [4.78, 5) is 38.1. The lowest BCUT2D eigenvalue weighted by Gasteiger charge is -2.27. The molecule has 3 aliphatic heterocycles. The van der Waals surface area contributed by atoms with E-state index in [9.17, 15) is 14.4 Å². The molecule has 9 nitrogen and oxygen atoms in total. The van der Waals surface area contributed by atoms with E-state index in [1.54, 1.807) is 13.8 Å². The fraction of sp³-hybridized carbons (Fsp3) is 0.667. The Bertz CT molecular complexity index is 595. The maximum Gasteiger partial charge on any atom is 0.410 e. The van der Waals surface area contributed by atoms with E-state index in [4.69, 9.17) is 23.7 Å². The first-order chi connectivity index (χ1) is 11.3. The van der Waals surface area contributed by atoms with E-state index in [0.29, 0.717) is 0 Å². The van der Waals surface area contributed by atoms with Crippen LogP contribution in [0.3, 0.4) is 0 Å². The molecule has 0 aromatic carbocycles. The molecule has 0 aromatic heterocycles. The number of esters is 2. The summed E-state index contributed by atoms with van der Waals surface area (Å²) in [6.45, 7) is 3.45. The largest absolute Gasteiger partial charge is 0.466 e. The van der Waals surface area contributed by atoms with Crippen LogP contribution in [0.15, 0.2) is 11.1 Å². The van der Waals surface area contributed by atoms with E-state index < -0.39 is 48.1 Å². The fourth-order valence-corrected chi connectivity index (χ4v) is 3.73. The van der Waals surface area contributed by atoms with Crippen LogP contribution in [0.2, 0.25) is 0 Å². The lowest BCUT2D eigenvalue weighted by Crippen LogP contribution is -2.43. The molecule has 132 valence electrons. The van der Waals surface area contributed by atoms with Gasteiger partial charge in [0.2, 0.25) is 0 Å². The zero-order valence-electron chi connectivity index (χ0n) is 14.0. The molecule has 2 fully saturated rings. The number of hydrogen-bond acceptors (Lipinski definition) is 8. The molecule has 2 bridgehead atoms. The summed E-state index contributed by atoms with van der Waals surface area (Å²) in [5.74, 6) is -2.34. The molecule has 9 heteroatoms. The van der Waals surface area contributed by atoms with E-state index in [1.807, 2.05) is 0 Å². The van der Waals surface area contributed by atoms with Gasteiger partial charge in [0.1, 0.15) is 12.2 Å².